The number of aliphatic hydroxyl groups is 1. The minimum absolute atomic E-state index is 0. The highest BCUT2D eigenvalue weighted by atomic mass is 35.5. The largest absolute Gasteiger partial charge is 0.387 e. The first kappa shape index (κ1) is 15.9. The molecule has 0 bridgehead atoms. The van der Waals surface area contributed by atoms with E-state index >= 15 is 0 Å². The van der Waals surface area contributed by atoms with Crippen LogP contribution in [0.15, 0.2) is 24.3 Å². The summed E-state index contributed by atoms with van der Waals surface area (Å²) in [7, 11) is 0. The van der Waals surface area contributed by atoms with Crippen LogP contribution in [0.2, 0.25) is 0 Å². The number of carbonyl (C=O) groups is 1. The quantitative estimate of drug-likeness (QED) is 0.752. The van der Waals surface area contributed by atoms with Gasteiger partial charge >= 0.3 is 0 Å². The van der Waals surface area contributed by atoms with Crippen LogP contribution in [0.25, 0.3) is 0 Å². The third-order valence-electron chi connectivity index (χ3n) is 2.43. The van der Waals surface area contributed by atoms with Crippen LogP contribution in [-0.2, 0) is 4.79 Å². The zero-order chi connectivity index (χ0) is 12.1. The van der Waals surface area contributed by atoms with Crippen LogP contribution in [-0.4, -0.2) is 23.6 Å². The molecule has 5 heteroatoms. The minimum Gasteiger partial charge on any atom is -0.387 e. The van der Waals surface area contributed by atoms with Gasteiger partial charge in [-0.15, -0.1) is 12.4 Å². The molecule has 1 unspecified atom stereocenters. The van der Waals surface area contributed by atoms with Gasteiger partial charge in [-0.25, -0.2) is 0 Å². The van der Waals surface area contributed by atoms with E-state index in [0.29, 0.717) is 0 Å². The second kappa shape index (κ2) is 7.27. The predicted molar refractivity (Wildman–Crippen MR) is 70.0 cm³/mol. The summed E-state index contributed by atoms with van der Waals surface area (Å²) >= 11 is 0. The summed E-state index contributed by atoms with van der Waals surface area (Å²) in [4.78, 5) is 11.2. The highest BCUT2D eigenvalue weighted by Crippen LogP contribution is 2.16. The van der Waals surface area contributed by atoms with E-state index in [1.807, 2.05) is 31.2 Å². The van der Waals surface area contributed by atoms with Gasteiger partial charge in [0, 0.05) is 6.54 Å². The molecule has 4 nitrogen and oxygen atoms in total. The van der Waals surface area contributed by atoms with E-state index in [0.717, 1.165) is 11.1 Å². The third-order valence-corrected chi connectivity index (χ3v) is 2.43. The molecule has 17 heavy (non-hydrogen) atoms. The summed E-state index contributed by atoms with van der Waals surface area (Å²) in [6.45, 7) is 3.71. The van der Waals surface area contributed by atoms with Crippen LogP contribution < -0.4 is 11.1 Å². The van der Waals surface area contributed by atoms with Crippen LogP contribution in [0.4, 0.5) is 0 Å². The van der Waals surface area contributed by atoms with E-state index in [9.17, 15) is 9.90 Å². The second-order valence-corrected chi connectivity index (χ2v) is 3.91. The first-order chi connectivity index (χ1) is 7.52. The lowest BCUT2D eigenvalue weighted by Gasteiger charge is -2.15. The SMILES string of the molecule is Cc1ccccc1C(O)CNC(=O)[C@H](C)N.Cl. The average Bonchev–Trinajstić information content (AvgIpc) is 2.25. The number of aliphatic hydroxyl groups excluding tert-OH is 1. The normalized spacial score (nSPS) is 13.4. The lowest BCUT2D eigenvalue weighted by Crippen LogP contribution is -2.40. The van der Waals surface area contributed by atoms with Gasteiger partial charge in [0.15, 0.2) is 0 Å². The highest BCUT2D eigenvalue weighted by molar-refractivity contribution is 5.85. The molecule has 0 saturated carbocycles. The maximum Gasteiger partial charge on any atom is 0.236 e. The average molecular weight is 259 g/mol. The van der Waals surface area contributed by atoms with Gasteiger partial charge in [-0.3, -0.25) is 4.79 Å². The van der Waals surface area contributed by atoms with Crippen molar-refractivity contribution in [2.75, 3.05) is 6.54 Å². The van der Waals surface area contributed by atoms with E-state index in [4.69, 9.17) is 5.73 Å². The Hall–Kier alpha value is -1.10. The number of rotatable bonds is 4. The number of nitrogens with two attached hydrogens (primary N) is 1. The zero-order valence-corrected chi connectivity index (χ0v) is 10.8. The van der Waals surface area contributed by atoms with Gasteiger partial charge in [0.2, 0.25) is 5.91 Å². The molecule has 0 aliphatic rings. The highest BCUT2D eigenvalue weighted by Gasteiger charge is 2.12. The number of hydrogen-bond donors (Lipinski definition) is 3. The Morgan fingerprint density at radius 3 is 2.59 bits per heavy atom. The summed E-state index contributed by atoms with van der Waals surface area (Å²) in [5.74, 6) is -0.257. The third kappa shape index (κ3) is 4.73. The van der Waals surface area contributed by atoms with Crippen LogP contribution in [0, 0.1) is 6.92 Å². The van der Waals surface area contributed by atoms with Gasteiger partial charge in [-0.05, 0) is 25.0 Å². The van der Waals surface area contributed by atoms with Crippen LogP contribution in [0.3, 0.4) is 0 Å². The van der Waals surface area contributed by atoms with Crippen LogP contribution in [0.1, 0.15) is 24.2 Å². The molecule has 1 amide bonds. The summed E-state index contributed by atoms with van der Waals surface area (Å²) in [5.41, 5.74) is 7.23. The van der Waals surface area contributed by atoms with Gasteiger partial charge in [0.25, 0.3) is 0 Å². The fraction of sp³-hybridized carbons (Fsp3) is 0.417. The van der Waals surface area contributed by atoms with Crippen LogP contribution >= 0.6 is 12.4 Å². The monoisotopic (exact) mass is 258 g/mol. The molecule has 1 aromatic carbocycles. The second-order valence-electron chi connectivity index (χ2n) is 3.91. The summed E-state index contributed by atoms with van der Waals surface area (Å²) < 4.78 is 0. The molecule has 0 aliphatic carbocycles. The van der Waals surface area contributed by atoms with Crippen molar-refractivity contribution >= 4 is 18.3 Å². The summed E-state index contributed by atoms with van der Waals surface area (Å²) in [6.07, 6.45) is -0.691. The summed E-state index contributed by atoms with van der Waals surface area (Å²) in [5, 5.41) is 12.5. The molecule has 0 aliphatic heterocycles. The first-order valence-corrected chi connectivity index (χ1v) is 5.29. The molecule has 0 spiro atoms. The smallest absolute Gasteiger partial charge is 0.236 e. The van der Waals surface area contributed by atoms with Gasteiger partial charge in [0.05, 0.1) is 12.1 Å². The Morgan fingerprint density at radius 2 is 2.06 bits per heavy atom. The number of nitrogens with one attached hydrogen (secondary N) is 1. The Labute approximate surface area is 108 Å². The molecule has 0 heterocycles. The predicted octanol–water partition coefficient (Wildman–Crippen LogP) is 0.914. The van der Waals surface area contributed by atoms with Crippen molar-refractivity contribution in [3.63, 3.8) is 0 Å². The molecule has 0 radical (unpaired) electrons. The zero-order valence-electron chi connectivity index (χ0n) is 10.0. The number of halogens is 1. The lowest BCUT2D eigenvalue weighted by molar-refractivity contribution is -0.122. The summed E-state index contributed by atoms with van der Waals surface area (Å²) in [6, 6.07) is 6.98. The fourth-order valence-corrected chi connectivity index (χ4v) is 1.43. The Kier molecular flexibility index (Phi) is 6.80. The van der Waals surface area contributed by atoms with E-state index < -0.39 is 12.1 Å². The van der Waals surface area contributed by atoms with E-state index in [-0.39, 0.29) is 24.9 Å². The van der Waals surface area contributed by atoms with E-state index in [2.05, 4.69) is 5.32 Å². The molecule has 4 N–H and O–H groups in total. The van der Waals surface area contributed by atoms with Gasteiger partial charge in [-0.1, -0.05) is 24.3 Å². The molecule has 0 fully saturated rings. The number of aryl methyl sites for hydroxylation is 1. The van der Waals surface area contributed by atoms with Crippen molar-refractivity contribution in [2.45, 2.75) is 26.0 Å². The van der Waals surface area contributed by atoms with Crippen molar-refractivity contribution in [3.8, 4) is 0 Å². The Balaban J connectivity index is 0.00000256. The van der Waals surface area contributed by atoms with Crippen molar-refractivity contribution in [1.82, 2.24) is 5.32 Å². The Morgan fingerprint density at radius 1 is 1.47 bits per heavy atom. The first-order valence-electron chi connectivity index (χ1n) is 5.29. The maximum absolute atomic E-state index is 11.2. The van der Waals surface area contributed by atoms with Crippen LogP contribution in [0.5, 0.6) is 0 Å². The Bertz CT molecular complexity index is 369. The lowest BCUT2D eigenvalue weighted by atomic mass is 10.0. The maximum atomic E-state index is 11.2. The van der Waals surface area contributed by atoms with Gasteiger partial charge < -0.3 is 16.2 Å². The standard InChI is InChI=1S/C12H18N2O2.ClH/c1-8-5-3-4-6-10(8)11(15)7-14-12(16)9(2)13;/h3-6,9,11,15H,7,13H2,1-2H3,(H,14,16);1H/t9-,11?;/m0./s1. The molecule has 1 aromatic rings. The molecule has 1 rings (SSSR count). The molecule has 0 saturated heterocycles. The van der Waals surface area contributed by atoms with E-state index in [1.165, 1.54) is 0 Å². The molecular formula is C12H19ClN2O2. The molecule has 0 aromatic heterocycles. The van der Waals surface area contributed by atoms with Gasteiger partial charge in [0.1, 0.15) is 0 Å². The number of amides is 1. The number of carbonyl (C=O) groups excluding carboxylic acids is 1. The van der Waals surface area contributed by atoms with Crippen molar-refractivity contribution in [1.29, 1.82) is 0 Å². The minimum atomic E-state index is -0.691. The molecule has 2 atom stereocenters. The topological polar surface area (TPSA) is 75.3 Å². The fourth-order valence-electron chi connectivity index (χ4n) is 1.43. The van der Waals surface area contributed by atoms with E-state index in [1.54, 1.807) is 6.92 Å². The molecular weight excluding hydrogens is 240 g/mol. The van der Waals surface area contributed by atoms with Crippen molar-refractivity contribution in [2.24, 2.45) is 5.73 Å². The number of benzene rings is 1. The molecule has 96 valence electrons. The van der Waals surface area contributed by atoms with Gasteiger partial charge in [-0.2, -0.15) is 0 Å². The van der Waals surface area contributed by atoms with Crippen molar-refractivity contribution in [3.05, 3.63) is 35.4 Å². The van der Waals surface area contributed by atoms with Crippen molar-refractivity contribution < 1.29 is 9.90 Å². The number of hydrogen-bond acceptors (Lipinski definition) is 3.